The molecule has 1 aliphatic carbocycles. The highest BCUT2D eigenvalue weighted by Gasteiger charge is 2.39. The molecule has 368 valence electrons. The highest BCUT2D eigenvalue weighted by atomic mass is 31.2. The van der Waals surface area contributed by atoms with Crippen molar-refractivity contribution in [2.75, 3.05) is 47.5 Å². The van der Waals surface area contributed by atoms with E-state index in [-0.39, 0.29) is 44.3 Å². The Morgan fingerprint density at radius 3 is 1.84 bits per heavy atom. The van der Waals surface area contributed by atoms with Gasteiger partial charge in [0.15, 0.2) is 6.10 Å². The van der Waals surface area contributed by atoms with Gasteiger partial charge in [-0.05, 0) is 50.9 Å². The van der Waals surface area contributed by atoms with Gasteiger partial charge in [-0.15, -0.1) is 0 Å². The van der Waals surface area contributed by atoms with Crippen molar-refractivity contribution in [1.29, 1.82) is 0 Å². The molecule has 0 bridgehead atoms. The first-order valence-corrected chi connectivity index (χ1v) is 26.5. The molecule has 0 aromatic carbocycles. The predicted octanol–water partition coefficient (Wildman–Crippen LogP) is 10.9. The van der Waals surface area contributed by atoms with Crippen molar-refractivity contribution in [2.24, 2.45) is 11.8 Å². The first-order valence-electron chi connectivity index (χ1n) is 25.0. The van der Waals surface area contributed by atoms with E-state index in [0.29, 0.717) is 30.3 Å². The van der Waals surface area contributed by atoms with E-state index in [9.17, 15) is 34.4 Å². The number of allylic oxidation sites excluding steroid dienone is 3. The molecule has 0 aromatic rings. The molecule has 0 aliphatic heterocycles. The SMILES string of the molecule is CCCCCCCC/C=C\CCCCCCCCCCCCCC(=O)O[C@H](COC(=O)C/C=C\C[C@H]1[C@@H](/C=C/[C@H](O)CCCCC)[C@H](O)C[C@@H]1O)COP(=O)(O)OCC[N+](C)(C)C. The molecule has 4 N–H and O–H groups in total. The number of quaternary nitrogens is 1. The fourth-order valence-corrected chi connectivity index (χ4v) is 8.49. The number of hydrogen-bond donors (Lipinski definition) is 4. The summed E-state index contributed by atoms with van der Waals surface area (Å²) in [6, 6.07) is 0. The number of esters is 2. The molecule has 0 heterocycles. The van der Waals surface area contributed by atoms with Crippen molar-refractivity contribution in [2.45, 2.75) is 212 Å². The number of phosphoric acid groups is 1. The van der Waals surface area contributed by atoms with Gasteiger partial charge >= 0.3 is 19.8 Å². The number of phosphoric ester groups is 1. The summed E-state index contributed by atoms with van der Waals surface area (Å²) in [5.41, 5.74) is 0. The fraction of sp³-hybridized carbons (Fsp3) is 0.840. The fourth-order valence-electron chi connectivity index (χ4n) is 7.75. The minimum Gasteiger partial charge on any atom is -0.461 e. The lowest BCUT2D eigenvalue weighted by Crippen LogP contribution is -2.37. The van der Waals surface area contributed by atoms with Gasteiger partial charge in [-0.25, -0.2) is 4.57 Å². The molecule has 1 saturated carbocycles. The summed E-state index contributed by atoms with van der Waals surface area (Å²) >= 11 is 0. The summed E-state index contributed by atoms with van der Waals surface area (Å²) < 4.78 is 34.3. The van der Waals surface area contributed by atoms with Gasteiger partial charge in [0.05, 0.1) is 52.5 Å². The summed E-state index contributed by atoms with van der Waals surface area (Å²) in [5.74, 6) is -1.69. The zero-order valence-electron chi connectivity index (χ0n) is 40.4. The van der Waals surface area contributed by atoms with E-state index in [1.165, 1.54) is 96.3 Å². The minimum atomic E-state index is -4.46. The molecule has 0 amide bonds. The zero-order chi connectivity index (χ0) is 46.6. The molecular weight excluding hydrogens is 822 g/mol. The number of carbonyl (C=O) groups is 2. The normalized spacial score (nSPS) is 20.2. The van der Waals surface area contributed by atoms with E-state index in [1.54, 1.807) is 24.3 Å². The van der Waals surface area contributed by atoms with E-state index in [2.05, 4.69) is 26.0 Å². The molecule has 63 heavy (non-hydrogen) atoms. The second-order valence-corrected chi connectivity index (χ2v) is 20.3. The van der Waals surface area contributed by atoms with Crippen LogP contribution in [0.15, 0.2) is 36.5 Å². The largest absolute Gasteiger partial charge is 0.472 e. The number of ether oxygens (including phenoxy) is 2. The maximum Gasteiger partial charge on any atom is 0.472 e. The Morgan fingerprint density at radius 1 is 0.698 bits per heavy atom. The van der Waals surface area contributed by atoms with Crippen molar-refractivity contribution in [1.82, 2.24) is 0 Å². The van der Waals surface area contributed by atoms with Crippen molar-refractivity contribution >= 4 is 19.8 Å². The molecule has 7 atom stereocenters. The standard InChI is InChI=1S/C50H92NO11P/c1-6-8-10-11-12-13-14-15-16-17-18-19-20-21-22-23-24-25-26-27-29-35-50(56)62-44(42-61-63(57,58)60-39-38-51(3,4)5)41-59-49(55)34-31-30-33-45-46(48(54)40-47(45)53)37-36-43(52)32-28-9-7-2/h15-16,30-31,36-37,43-48,52-54H,6-14,17-29,32-35,38-42H2,1-5H3/p+1/b16-15-,31-30-,37-36+/t43-,44-,45+,46-,47+,48-/m1/s1. The Balaban J connectivity index is 2.43. The molecule has 0 spiro atoms. The van der Waals surface area contributed by atoms with Crippen LogP contribution in [-0.4, -0.2) is 109 Å². The minimum absolute atomic E-state index is 0.0184. The van der Waals surface area contributed by atoms with Crippen LogP contribution in [0.5, 0.6) is 0 Å². The van der Waals surface area contributed by atoms with E-state index < -0.39 is 50.8 Å². The van der Waals surface area contributed by atoms with Crippen LogP contribution in [0.25, 0.3) is 0 Å². The smallest absolute Gasteiger partial charge is 0.461 e. The maximum absolute atomic E-state index is 12.8. The molecule has 1 aliphatic rings. The summed E-state index contributed by atoms with van der Waals surface area (Å²) in [5, 5.41) is 31.4. The molecule has 1 fully saturated rings. The summed E-state index contributed by atoms with van der Waals surface area (Å²) in [7, 11) is 1.31. The molecule has 13 heteroatoms. The van der Waals surface area contributed by atoms with E-state index in [0.717, 1.165) is 38.5 Å². The molecule has 12 nitrogen and oxygen atoms in total. The first-order chi connectivity index (χ1) is 30.2. The molecule has 1 rings (SSSR count). The molecule has 0 aromatic heterocycles. The lowest BCUT2D eigenvalue weighted by atomic mass is 9.89. The van der Waals surface area contributed by atoms with Crippen LogP contribution in [0.1, 0.15) is 187 Å². The average molecular weight is 915 g/mol. The summed E-state index contributed by atoms with van der Waals surface area (Å²) in [6.45, 7) is 3.96. The number of carbonyl (C=O) groups excluding carboxylic acids is 2. The molecular formula is C50H93NO11P+. The Labute approximate surface area is 383 Å². The maximum atomic E-state index is 12.8. The third-order valence-corrected chi connectivity index (χ3v) is 12.7. The van der Waals surface area contributed by atoms with Crippen LogP contribution >= 0.6 is 7.82 Å². The molecule has 0 radical (unpaired) electrons. The van der Waals surface area contributed by atoms with E-state index in [1.807, 2.05) is 21.1 Å². The van der Waals surface area contributed by atoms with Crippen LogP contribution in [-0.2, 0) is 32.7 Å². The first kappa shape index (κ1) is 59.1. The van der Waals surface area contributed by atoms with Crippen LogP contribution in [0.2, 0.25) is 0 Å². The topological polar surface area (TPSA) is 169 Å². The number of unbranched alkanes of at least 4 members (excludes halogenated alkanes) is 19. The van der Waals surface area contributed by atoms with Crippen LogP contribution in [0.3, 0.4) is 0 Å². The Bertz CT molecular complexity index is 1290. The Kier molecular flexibility index (Phi) is 34.9. The van der Waals surface area contributed by atoms with Gasteiger partial charge in [-0.3, -0.25) is 18.6 Å². The van der Waals surface area contributed by atoms with E-state index >= 15 is 0 Å². The van der Waals surface area contributed by atoms with Crippen molar-refractivity contribution in [3.8, 4) is 0 Å². The monoisotopic (exact) mass is 915 g/mol. The number of aliphatic hydroxyl groups is 3. The number of nitrogens with zero attached hydrogens (tertiary/aromatic N) is 1. The van der Waals surface area contributed by atoms with Gasteiger partial charge < -0.3 is 34.2 Å². The van der Waals surface area contributed by atoms with Crippen molar-refractivity contribution in [3.63, 3.8) is 0 Å². The number of aliphatic hydroxyl groups excluding tert-OH is 3. The Morgan fingerprint density at radius 2 is 1.25 bits per heavy atom. The van der Waals surface area contributed by atoms with Gasteiger partial charge in [0.25, 0.3) is 0 Å². The summed E-state index contributed by atoms with van der Waals surface area (Å²) in [6.07, 6.45) is 36.1. The Hall–Kier alpha value is -1.89. The van der Waals surface area contributed by atoms with Crippen molar-refractivity contribution < 1.29 is 57.4 Å². The highest BCUT2D eigenvalue weighted by Crippen LogP contribution is 2.43. The van der Waals surface area contributed by atoms with Crippen molar-refractivity contribution in [3.05, 3.63) is 36.5 Å². The lowest BCUT2D eigenvalue weighted by molar-refractivity contribution is -0.870. The molecule has 0 saturated heterocycles. The van der Waals surface area contributed by atoms with Gasteiger partial charge in [0, 0.05) is 18.8 Å². The summed E-state index contributed by atoms with van der Waals surface area (Å²) in [4.78, 5) is 35.7. The third kappa shape index (κ3) is 34.1. The number of likely N-dealkylation sites (N-methyl/N-ethyl adjacent to an activating group) is 1. The van der Waals surface area contributed by atoms with Crippen LogP contribution in [0, 0.1) is 11.8 Å². The average Bonchev–Trinajstić information content (AvgIpc) is 3.50. The van der Waals surface area contributed by atoms with Crippen LogP contribution < -0.4 is 0 Å². The number of rotatable bonds is 41. The lowest BCUT2D eigenvalue weighted by Gasteiger charge is -2.24. The number of hydrogen-bond acceptors (Lipinski definition) is 10. The zero-order valence-corrected chi connectivity index (χ0v) is 41.3. The van der Waals surface area contributed by atoms with Gasteiger partial charge in [-0.1, -0.05) is 159 Å². The van der Waals surface area contributed by atoms with Gasteiger partial charge in [0.2, 0.25) is 0 Å². The van der Waals surface area contributed by atoms with E-state index in [4.69, 9.17) is 18.5 Å². The second kappa shape index (κ2) is 37.2. The quantitative estimate of drug-likeness (QED) is 0.0151. The molecule has 1 unspecified atom stereocenters. The van der Waals surface area contributed by atoms with Gasteiger partial charge in [0.1, 0.15) is 19.8 Å². The van der Waals surface area contributed by atoms with Crippen LogP contribution in [0.4, 0.5) is 0 Å². The second-order valence-electron chi connectivity index (χ2n) is 18.8. The predicted molar refractivity (Wildman–Crippen MR) is 254 cm³/mol. The van der Waals surface area contributed by atoms with Gasteiger partial charge in [-0.2, -0.15) is 0 Å². The third-order valence-electron chi connectivity index (χ3n) is 11.7. The highest BCUT2D eigenvalue weighted by molar-refractivity contribution is 7.47.